The summed E-state index contributed by atoms with van der Waals surface area (Å²) in [4.78, 5) is 10.8. The molecule has 0 unspecified atom stereocenters. The van der Waals surface area contributed by atoms with Gasteiger partial charge in [-0.3, -0.25) is 4.90 Å². The number of hydrogen-bond acceptors (Lipinski definition) is 6. The Hall–Kier alpha value is -1.89. The quantitative estimate of drug-likeness (QED) is 0.780. The summed E-state index contributed by atoms with van der Waals surface area (Å²) in [6, 6.07) is 8.14. The van der Waals surface area contributed by atoms with Gasteiger partial charge in [-0.15, -0.1) is 0 Å². The molecule has 1 aliphatic rings. The van der Waals surface area contributed by atoms with E-state index < -0.39 is 5.60 Å². The van der Waals surface area contributed by atoms with E-state index in [1.165, 1.54) is 0 Å². The van der Waals surface area contributed by atoms with E-state index >= 15 is 0 Å². The molecule has 0 amide bonds. The van der Waals surface area contributed by atoms with Gasteiger partial charge < -0.3 is 14.6 Å². The second-order valence-electron chi connectivity index (χ2n) is 6.64. The lowest BCUT2D eigenvalue weighted by Crippen LogP contribution is -2.42. The molecule has 1 aromatic carbocycles. The molecule has 0 spiro atoms. The Morgan fingerprint density at radius 2 is 1.85 bits per heavy atom. The number of aliphatic hydroxyl groups is 1. The van der Waals surface area contributed by atoms with Crippen molar-refractivity contribution in [1.82, 2.24) is 14.9 Å². The van der Waals surface area contributed by atoms with Crippen LogP contribution in [0.3, 0.4) is 0 Å². The molecule has 0 radical (unpaired) electrons. The topological polar surface area (TPSA) is 67.7 Å². The van der Waals surface area contributed by atoms with Crippen LogP contribution in [0.15, 0.2) is 30.5 Å². The Labute approximate surface area is 165 Å². The van der Waals surface area contributed by atoms with Gasteiger partial charge in [0.15, 0.2) is 0 Å². The van der Waals surface area contributed by atoms with Crippen LogP contribution in [0.4, 0.5) is 0 Å². The van der Waals surface area contributed by atoms with E-state index in [-0.39, 0.29) is 6.01 Å². The minimum absolute atomic E-state index is 0.268. The van der Waals surface area contributed by atoms with Gasteiger partial charge in [0.05, 0.1) is 24.4 Å². The van der Waals surface area contributed by atoms with E-state index in [9.17, 15) is 5.11 Å². The summed E-state index contributed by atoms with van der Waals surface area (Å²) in [5.74, 6) is 0.401. The molecule has 1 fully saturated rings. The first-order chi connectivity index (χ1) is 13.1. The van der Waals surface area contributed by atoms with Crippen molar-refractivity contribution >= 4 is 11.6 Å². The van der Waals surface area contributed by atoms with Crippen LogP contribution in [0.1, 0.15) is 37.8 Å². The molecule has 0 atom stereocenters. The molecule has 146 valence electrons. The zero-order valence-corrected chi connectivity index (χ0v) is 16.6. The highest BCUT2D eigenvalue weighted by Gasteiger charge is 2.37. The van der Waals surface area contributed by atoms with Gasteiger partial charge in [-0.25, -0.2) is 4.98 Å². The van der Waals surface area contributed by atoms with Gasteiger partial charge in [-0.05, 0) is 38.3 Å². The van der Waals surface area contributed by atoms with Gasteiger partial charge in [-0.1, -0.05) is 29.8 Å². The molecule has 2 heterocycles. The zero-order valence-electron chi connectivity index (χ0n) is 15.8. The first kappa shape index (κ1) is 19.9. The number of benzene rings is 1. The maximum Gasteiger partial charge on any atom is 0.319 e. The van der Waals surface area contributed by atoms with Gasteiger partial charge in [0.2, 0.25) is 5.88 Å². The lowest BCUT2D eigenvalue weighted by molar-refractivity contribution is -0.0303. The van der Waals surface area contributed by atoms with Crippen LogP contribution in [0.2, 0.25) is 5.02 Å². The number of aromatic nitrogens is 2. The summed E-state index contributed by atoms with van der Waals surface area (Å²) in [5, 5.41) is 12.0. The van der Waals surface area contributed by atoms with Gasteiger partial charge in [0.25, 0.3) is 0 Å². The molecule has 1 saturated heterocycles. The van der Waals surface area contributed by atoms with Crippen LogP contribution < -0.4 is 9.47 Å². The summed E-state index contributed by atoms with van der Waals surface area (Å²) >= 11 is 6.27. The van der Waals surface area contributed by atoms with Crippen molar-refractivity contribution in [2.75, 3.05) is 26.3 Å². The van der Waals surface area contributed by atoms with Crippen LogP contribution in [-0.4, -0.2) is 46.3 Å². The van der Waals surface area contributed by atoms with Crippen LogP contribution in [0, 0.1) is 0 Å². The van der Waals surface area contributed by atoms with Crippen LogP contribution in [0.5, 0.6) is 11.9 Å². The molecule has 27 heavy (non-hydrogen) atoms. The number of nitrogens with zero attached hydrogens (tertiary/aromatic N) is 3. The molecule has 1 aromatic heterocycles. The Bertz CT molecular complexity index is 764. The van der Waals surface area contributed by atoms with Crippen molar-refractivity contribution in [3.8, 4) is 11.9 Å². The fourth-order valence-electron chi connectivity index (χ4n) is 3.33. The first-order valence-corrected chi connectivity index (χ1v) is 9.74. The highest BCUT2D eigenvalue weighted by Crippen LogP contribution is 2.38. The summed E-state index contributed by atoms with van der Waals surface area (Å²) in [6.07, 6.45) is 2.79. The maximum absolute atomic E-state index is 11.3. The van der Waals surface area contributed by atoms with E-state index in [1.807, 2.05) is 38.1 Å². The van der Waals surface area contributed by atoms with Gasteiger partial charge >= 0.3 is 6.01 Å². The molecule has 3 rings (SSSR count). The Balaban J connectivity index is 1.72. The molecule has 0 aliphatic carbocycles. The molecule has 1 aliphatic heterocycles. The molecule has 2 aromatic rings. The minimum Gasteiger partial charge on any atom is -0.478 e. The smallest absolute Gasteiger partial charge is 0.319 e. The molecule has 6 nitrogen and oxygen atoms in total. The SMILES string of the molecule is CCOc1ncc(C2(O)CCN(Cc3ccccc3Cl)CC2)c(OCC)n1. The molecular weight excluding hydrogens is 366 g/mol. The maximum atomic E-state index is 11.3. The number of halogens is 1. The zero-order chi connectivity index (χ0) is 19.3. The van der Waals surface area contributed by atoms with Gasteiger partial charge in [0, 0.05) is 30.9 Å². The fourth-order valence-corrected chi connectivity index (χ4v) is 3.53. The Morgan fingerprint density at radius 1 is 1.15 bits per heavy atom. The van der Waals surface area contributed by atoms with Crippen molar-refractivity contribution < 1.29 is 14.6 Å². The minimum atomic E-state index is -1.01. The number of hydrogen-bond donors (Lipinski definition) is 1. The van der Waals surface area contributed by atoms with Crippen LogP contribution >= 0.6 is 11.6 Å². The number of rotatable bonds is 7. The molecule has 7 heteroatoms. The lowest BCUT2D eigenvalue weighted by atomic mass is 9.85. The van der Waals surface area contributed by atoms with E-state index in [2.05, 4.69) is 14.9 Å². The van der Waals surface area contributed by atoms with E-state index in [4.69, 9.17) is 21.1 Å². The first-order valence-electron chi connectivity index (χ1n) is 9.37. The second-order valence-corrected chi connectivity index (χ2v) is 7.04. The average Bonchev–Trinajstić information content (AvgIpc) is 2.66. The summed E-state index contributed by atoms with van der Waals surface area (Å²) < 4.78 is 11.0. The monoisotopic (exact) mass is 391 g/mol. The third kappa shape index (κ3) is 4.69. The lowest BCUT2D eigenvalue weighted by Gasteiger charge is -2.38. The second kappa shape index (κ2) is 8.87. The van der Waals surface area contributed by atoms with Crippen molar-refractivity contribution in [3.63, 3.8) is 0 Å². The third-order valence-electron chi connectivity index (χ3n) is 4.82. The highest BCUT2D eigenvalue weighted by atomic mass is 35.5. The summed E-state index contributed by atoms with van der Waals surface area (Å²) in [6.45, 7) is 6.98. The Morgan fingerprint density at radius 3 is 2.52 bits per heavy atom. The summed E-state index contributed by atoms with van der Waals surface area (Å²) in [7, 11) is 0. The molecule has 1 N–H and O–H groups in total. The predicted octanol–water partition coefficient (Wildman–Crippen LogP) is 3.41. The average molecular weight is 392 g/mol. The normalized spacial score (nSPS) is 16.9. The number of likely N-dealkylation sites (tertiary alicyclic amines) is 1. The van der Waals surface area contributed by atoms with Crippen molar-refractivity contribution in [1.29, 1.82) is 0 Å². The number of ether oxygens (including phenoxy) is 2. The van der Waals surface area contributed by atoms with Crippen molar-refractivity contribution in [2.24, 2.45) is 0 Å². The predicted molar refractivity (Wildman–Crippen MR) is 104 cm³/mol. The van der Waals surface area contributed by atoms with E-state index in [0.717, 1.165) is 30.2 Å². The number of piperidine rings is 1. The fraction of sp³-hybridized carbons (Fsp3) is 0.500. The van der Waals surface area contributed by atoms with E-state index in [1.54, 1.807) is 6.20 Å². The summed E-state index contributed by atoms with van der Waals surface area (Å²) in [5.41, 5.74) is 0.723. The molecule has 0 saturated carbocycles. The van der Waals surface area contributed by atoms with Crippen LogP contribution in [-0.2, 0) is 12.1 Å². The van der Waals surface area contributed by atoms with Crippen molar-refractivity contribution in [3.05, 3.63) is 46.6 Å². The largest absolute Gasteiger partial charge is 0.478 e. The van der Waals surface area contributed by atoms with E-state index in [0.29, 0.717) is 37.5 Å². The van der Waals surface area contributed by atoms with Gasteiger partial charge in [0.1, 0.15) is 0 Å². The third-order valence-corrected chi connectivity index (χ3v) is 5.19. The van der Waals surface area contributed by atoms with Crippen LogP contribution in [0.25, 0.3) is 0 Å². The molecular formula is C20H26ClN3O3. The standard InChI is InChI=1S/C20H26ClN3O3/c1-3-26-18-16(13-22-19(23-18)27-4-2)20(25)9-11-24(12-10-20)14-15-7-5-6-8-17(15)21/h5-8,13,25H,3-4,9-12,14H2,1-2H3. The highest BCUT2D eigenvalue weighted by molar-refractivity contribution is 6.31. The van der Waals surface area contributed by atoms with Gasteiger partial charge in [-0.2, -0.15) is 4.98 Å². The van der Waals surface area contributed by atoms with Crippen molar-refractivity contribution in [2.45, 2.75) is 38.8 Å². The molecule has 0 bridgehead atoms. The Kier molecular flexibility index (Phi) is 6.52.